The summed E-state index contributed by atoms with van der Waals surface area (Å²) in [5.41, 5.74) is 0.815. The Balaban J connectivity index is 1.95. The molecule has 1 rings (SSSR count). The van der Waals surface area contributed by atoms with Gasteiger partial charge in [-0.05, 0) is 18.6 Å². The highest BCUT2D eigenvalue weighted by molar-refractivity contribution is 5.85. The smallest absolute Gasteiger partial charge is 0.328 e. The standard InChI is InChI=1S/C25H40O3/c1-2-3-4-5-6-7-8-9-10-11-12-13-14-17-22-28-24-19-16-15-18-23(24)20-21-25(26)27/h15-16,18-21H,2-14,17,22H2,1H3,(H,26,27). The molecular formula is C25H40O3. The van der Waals surface area contributed by atoms with Gasteiger partial charge in [0.2, 0.25) is 0 Å². The Labute approximate surface area is 172 Å². The van der Waals surface area contributed by atoms with Crippen LogP contribution in [0.1, 0.15) is 102 Å². The van der Waals surface area contributed by atoms with E-state index in [9.17, 15) is 4.79 Å². The zero-order valence-corrected chi connectivity index (χ0v) is 17.8. The molecule has 0 saturated carbocycles. The lowest BCUT2D eigenvalue weighted by Gasteiger charge is -2.09. The van der Waals surface area contributed by atoms with Crippen molar-refractivity contribution >= 4 is 12.0 Å². The number of carbonyl (C=O) groups is 1. The summed E-state index contributed by atoms with van der Waals surface area (Å²) in [5.74, 6) is -0.184. The Kier molecular flexibility index (Phi) is 15.0. The number of hydrogen-bond acceptors (Lipinski definition) is 2. The first-order valence-electron chi connectivity index (χ1n) is 11.4. The quantitative estimate of drug-likeness (QED) is 0.207. The van der Waals surface area contributed by atoms with Crippen molar-refractivity contribution in [2.75, 3.05) is 6.61 Å². The molecule has 0 aliphatic heterocycles. The van der Waals surface area contributed by atoms with E-state index in [-0.39, 0.29) is 0 Å². The van der Waals surface area contributed by atoms with E-state index >= 15 is 0 Å². The minimum absolute atomic E-state index is 0.690. The van der Waals surface area contributed by atoms with Gasteiger partial charge in [0.05, 0.1) is 6.61 Å². The second-order valence-electron chi connectivity index (χ2n) is 7.65. The van der Waals surface area contributed by atoms with Crippen molar-refractivity contribution in [2.45, 2.75) is 96.8 Å². The van der Waals surface area contributed by atoms with Crippen LogP contribution in [0, 0.1) is 0 Å². The molecule has 0 aliphatic carbocycles. The molecule has 1 N–H and O–H groups in total. The average molecular weight is 389 g/mol. The van der Waals surface area contributed by atoms with E-state index in [0.717, 1.165) is 23.8 Å². The highest BCUT2D eigenvalue weighted by Crippen LogP contribution is 2.20. The van der Waals surface area contributed by atoms with Crippen molar-refractivity contribution in [3.63, 3.8) is 0 Å². The molecule has 0 atom stereocenters. The van der Waals surface area contributed by atoms with E-state index < -0.39 is 5.97 Å². The monoisotopic (exact) mass is 388 g/mol. The van der Waals surface area contributed by atoms with Gasteiger partial charge in [0.1, 0.15) is 5.75 Å². The minimum atomic E-state index is -0.943. The molecule has 0 spiro atoms. The van der Waals surface area contributed by atoms with Crippen LogP contribution in [0.4, 0.5) is 0 Å². The Morgan fingerprint density at radius 3 is 1.86 bits per heavy atom. The summed E-state index contributed by atoms with van der Waals surface area (Å²) in [4.78, 5) is 10.7. The molecule has 1 aromatic rings. The number of benzene rings is 1. The zero-order valence-electron chi connectivity index (χ0n) is 17.8. The third-order valence-electron chi connectivity index (χ3n) is 5.08. The van der Waals surface area contributed by atoms with Gasteiger partial charge >= 0.3 is 5.97 Å². The van der Waals surface area contributed by atoms with Crippen LogP contribution in [-0.2, 0) is 4.79 Å². The van der Waals surface area contributed by atoms with Crippen molar-refractivity contribution < 1.29 is 14.6 Å². The Morgan fingerprint density at radius 2 is 1.32 bits per heavy atom. The van der Waals surface area contributed by atoms with Crippen LogP contribution in [0.5, 0.6) is 5.75 Å². The number of unbranched alkanes of at least 4 members (excludes halogenated alkanes) is 13. The summed E-state index contributed by atoms with van der Waals surface area (Å²) in [7, 11) is 0. The molecule has 3 nitrogen and oxygen atoms in total. The van der Waals surface area contributed by atoms with Crippen LogP contribution in [-0.4, -0.2) is 17.7 Å². The molecule has 0 saturated heterocycles. The number of carboxylic acid groups (broad SMARTS) is 1. The minimum Gasteiger partial charge on any atom is -0.493 e. The van der Waals surface area contributed by atoms with Crippen molar-refractivity contribution in [3.8, 4) is 5.75 Å². The summed E-state index contributed by atoms with van der Waals surface area (Å²) in [6.07, 6.45) is 21.6. The van der Waals surface area contributed by atoms with E-state index in [0.29, 0.717) is 6.61 Å². The maximum atomic E-state index is 10.7. The van der Waals surface area contributed by atoms with E-state index in [1.807, 2.05) is 24.3 Å². The molecule has 0 fully saturated rings. The second kappa shape index (κ2) is 17.3. The van der Waals surface area contributed by atoms with Crippen molar-refractivity contribution in [2.24, 2.45) is 0 Å². The first-order chi connectivity index (χ1) is 13.7. The molecule has 158 valence electrons. The number of aliphatic carboxylic acids is 1. The molecule has 0 bridgehead atoms. The predicted octanol–water partition coefficient (Wildman–Crippen LogP) is 7.64. The number of carboxylic acids is 1. The fourth-order valence-corrected chi connectivity index (χ4v) is 3.39. The molecule has 1 aromatic carbocycles. The zero-order chi connectivity index (χ0) is 20.3. The van der Waals surface area contributed by atoms with Crippen LogP contribution in [0.3, 0.4) is 0 Å². The molecule has 0 radical (unpaired) electrons. The van der Waals surface area contributed by atoms with E-state index in [2.05, 4.69) is 6.92 Å². The van der Waals surface area contributed by atoms with Gasteiger partial charge < -0.3 is 9.84 Å². The lowest BCUT2D eigenvalue weighted by Crippen LogP contribution is -1.99. The predicted molar refractivity (Wildman–Crippen MR) is 119 cm³/mol. The Hall–Kier alpha value is -1.77. The van der Waals surface area contributed by atoms with Crippen molar-refractivity contribution in [1.82, 2.24) is 0 Å². The molecular weight excluding hydrogens is 348 g/mol. The van der Waals surface area contributed by atoms with Gasteiger partial charge in [-0.25, -0.2) is 4.79 Å². The van der Waals surface area contributed by atoms with Crippen LogP contribution < -0.4 is 4.74 Å². The second-order valence-corrected chi connectivity index (χ2v) is 7.65. The Morgan fingerprint density at radius 1 is 0.821 bits per heavy atom. The van der Waals surface area contributed by atoms with Crippen LogP contribution in [0.25, 0.3) is 6.08 Å². The normalized spacial score (nSPS) is 11.2. The first-order valence-corrected chi connectivity index (χ1v) is 11.4. The molecule has 28 heavy (non-hydrogen) atoms. The van der Waals surface area contributed by atoms with E-state index in [4.69, 9.17) is 9.84 Å². The highest BCUT2D eigenvalue weighted by atomic mass is 16.5. The van der Waals surface area contributed by atoms with Gasteiger partial charge in [0.25, 0.3) is 0 Å². The third-order valence-corrected chi connectivity index (χ3v) is 5.08. The lowest BCUT2D eigenvalue weighted by molar-refractivity contribution is -0.131. The highest BCUT2D eigenvalue weighted by Gasteiger charge is 2.00. The largest absolute Gasteiger partial charge is 0.493 e. The van der Waals surface area contributed by atoms with Crippen LogP contribution >= 0.6 is 0 Å². The van der Waals surface area contributed by atoms with Crippen LogP contribution in [0.2, 0.25) is 0 Å². The SMILES string of the molecule is CCCCCCCCCCCCCCCCOc1ccccc1C=CC(=O)O. The average Bonchev–Trinajstić information content (AvgIpc) is 2.70. The van der Waals surface area contributed by atoms with Gasteiger partial charge in [-0.3, -0.25) is 0 Å². The molecule has 0 aromatic heterocycles. The van der Waals surface area contributed by atoms with Crippen molar-refractivity contribution in [3.05, 3.63) is 35.9 Å². The number of hydrogen-bond donors (Lipinski definition) is 1. The van der Waals surface area contributed by atoms with E-state index in [1.54, 1.807) is 6.08 Å². The third kappa shape index (κ3) is 13.4. The summed E-state index contributed by atoms with van der Waals surface area (Å²) < 4.78 is 5.83. The maximum Gasteiger partial charge on any atom is 0.328 e. The summed E-state index contributed by atoms with van der Waals surface area (Å²) in [6, 6.07) is 7.57. The lowest BCUT2D eigenvalue weighted by atomic mass is 10.0. The number of ether oxygens (including phenoxy) is 1. The molecule has 0 amide bonds. The van der Waals surface area contributed by atoms with Gasteiger partial charge in [0.15, 0.2) is 0 Å². The van der Waals surface area contributed by atoms with Gasteiger partial charge in [-0.15, -0.1) is 0 Å². The molecule has 0 heterocycles. The summed E-state index contributed by atoms with van der Waals surface area (Å²) in [5, 5.41) is 8.75. The maximum absolute atomic E-state index is 10.7. The number of para-hydroxylation sites is 1. The van der Waals surface area contributed by atoms with Gasteiger partial charge in [-0.2, -0.15) is 0 Å². The fraction of sp³-hybridized carbons (Fsp3) is 0.640. The number of rotatable bonds is 18. The van der Waals surface area contributed by atoms with Gasteiger partial charge in [-0.1, -0.05) is 109 Å². The topological polar surface area (TPSA) is 46.5 Å². The molecule has 3 heteroatoms. The Bertz CT molecular complexity index is 536. The fourth-order valence-electron chi connectivity index (χ4n) is 3.39. The molecule has 0 unspecified atom stereocenters. The summed E-state index contributed by atoms with van der Waals surface area (Å²) >= 11 is 0. The van der Waals surface area contributed by atoms with E-state index in [1.165, 1.54) is 83.5 Å². The van der Waals surface area contributed by atoms with Crippen molar-refractivity contribution in [1.29, 1.82) is 0 Å². The summed E-state index contributed by atoms with van der Waals surface area (Å²) in [6.45, 7) is 2.96. The molecule has 0 aliphatic rings. The first kappa shape index (κ1) is 24.3. The van der Waals surface area contributed by atoms with Gasteiger partial charge in [0, 0.05) is 11.6 Å². The van der Waals surface area contributed by atoms with Crippen LogP contribution in [0.15, 0.2) is 30.3 Å².